The summed E-state index contributed by atoms with van der Waals surface area (Å²) in [7, 11) is 0. The fraction of sp³-hybridized carbons (Fsp3) is 0.0667. The van der Waals surface area contributed by atoms with Gasteiger partial charge >= 0.3 is 11.8 Å². The van der Waals surface area contributed by atoms with Gasteiger partial charge in [-0.2, -0.15) is 0 Å². The molecule has 0 saturated heterocycles. The van der Waals surface area contributed by atoms with Crippen LogP contribution >= 0.6 is 11.6 Å². The summed E-state index contributed by atoms with van der Waals surface area (Å²) in [5, 5.41) is 4.74. The summed E-state index contributed by atoms with van der Waals surface area (Å²) in [6, 6.07) is 7.24. The molecule has 0 saturated carbocycles. The second-order valence-corrected chi connectivity index (χ2v) is 4.90. The van der Waals surface area contributed by atoms with Crippen LogP contribution in [0.5, 0.6) is 0 Å². The van der Waals surface area contributed by atoms with E-state index in [2.05, 4.69) is 5.32 Å². The Bertz CT molecular complexity index is 750. The monoisotopic (exact) mass is 324 g/mol. The van der Waals surface area contributed by atoms with Gasteiger partial charge in [-0.05, 0) is 36.8 Å². The average molecular weight is 325 g/mol. The molecule has 0 radical (unpaired) electrons. The van der Waals surface area contributed by atoms with E-state index in [1.165, 1.54) is 6.07 Å². The molecular weight excluding hydrogens is 314 g/mol. The molecule has 0 aromatic heterocycles. The van der Waals surface area contributed by atoms with Crippen molar-refractivity contribution in [1.82, 2.24) is 0 Å². The summed E-state index contributed by atoms with van der Waals surface area (Å²) in [6.07, 6.45) is 0. The summed E-state index contributed by atoms with van der Waals surface area (Å²) >= 11 is 5.90. The minimum atomic E-state index is -1.12. The van der Waals surface area contributed by atoms with Crippen molar-refractivity contribution in [2.75, 3.05) is 10.6 Å². The standard InChI is InChI=1S/C15H11ClF2N2O2/c1-8-2-4-10(7-11(8)16)19-14(21)15(22)20-13-6-9(17)3-5-12(13)18/h2-7H,1H3,(H,19,21)(H,20,22). The summed E-state index contributed by atoms with van der Waals surface area (Å²) < 4.78 is 26.4. The summed E-state index contributed by atoms with van der Waals surface area (Å²) in [4.78, 5) is 23.4. The van der Waals surface area contributed by atoms with Gasteiger partial charge in [0.05, 0.1) is 5.69 Å². The van der Waals surface area contributed by atoms with Gasteiger partial charge in [-0.1, -0.05) is 17.7 Å². The van der Waals surface area contributed by atoms with Gasteiger partial charge in [0, 0.05) is 16.8 Å². The average Bonchev–Trinajstić information content (AvgIpc) is 2.46. The maximum Gasteiger partial charge on any atom is 0.314 e. The zero-order valence-corrected chi connectivity index (χ0v) is 12.2. The highest BCUT2D eigenvalue weighted by Crippen LogP contribution is 2.20. The molecule has 0 unspecified atom stereocenters. The first-order valence-corrected chi connectivity index (χ1v) is 6.58. The minimum Gasteiger partial charge on any atom is -0.318 e. The highest BCUT2D eigenvalue weighted by Gasteiger charge is 2.16. The number of rotatable bonds is 2. The number of amides is 2. The molecule has 2 N–H and O–H groups in total. The molecule has 0 aliphatic rings. The quantitative estimate of drug-likeness (QED) is 0.831. The molecule has 0 fully saturated rings. The van der Waals surface area contributed by atoms with Gasteiger partial charge in [0.1, 0.15) is 11.6 Å². The van der Waals surface area contributed by atoms with E-state index in [4.69, 9.17) is 11.6 Å². The van der Waals surface area contributed by atoms with Crippen LogP contribution in [0.3, 0.4) is 0 Å². The minimum absolute atomic E-state index is 0.315. The fourth-order valence-electron chi connectivity index (χ4n) is 1.63. The first-order valence-electron chi connectivity index (χ1n) is 6.20. The Balaban J connectivity index is 2.07. The van der Waals surface area contributed by atoms with Crippen molar-refractivity contribution in [3.63, 3.8) is 0 Å². The molecule has 0 aliphatic carbocycles. The number of halogens is 3. The van der Waals surface area contributed by atoms with Gasteiger partial charge in [-0.25, -0.2) is 8.78 Å². The van der Waals surface area contributed by atoms with Crippen LogP contribution in [0.2, 0.25) is 5.02 Å². The van der Waals surface area contributed by atoms with Crippen molar-refractivity contribution in [2.45, 2.75) is 6.92 Å². The van der Waals surface area contributed by atoms with E-state index in [1.807, 2.05) is 5.32 Å². The largest absolute Gasteiger partial charge is 0.318 e. The van der Waals surface area contributed by atoms with E-state index in [9.17, 15) is 18.4 Å². The molecule has 0 aliphatic heterocycles. The van der Waals surface area contributed by atoms with Crippen LogP contribution in [0, 0.1) is 18.6 Å². The molecule has 114 valence electrons. The Kier molecular flexibility index (Phi) is 4.72. The zero-order valence-electron chi connectivity index (χ0n) is 11.4. The lowest BCUT2D eigenvalue weighted by molar-refractivity contribution is -0.133. The van der Waals surface area contributed by atoms with Crippen LogP contribution < -0.4 is 10.6 Å². The first kappa shape index (κ1) is 15.9. The highest BCUT2D eigenvalue weighted by atomic mass is 35.5. The lowest BCUT2D eigenvalue weighted by Crippen LogP contribution is -2.29. The first-order chi connectivity index (χ1) is 10.4. The molecule has 2 aromatic rings. The molecule has 0 bridgehead atoms. The van der Waals surface area contributed by atoms with Gasteiger partial charge in [0.25, 0.3) is 0 Å². The van der Waals surface area contributed by atoms with Gasteiger partial charge in [-0.3, -0.25) is 9.59 Å². The van der Waals surface area contributed by atoms with Crippen molar-refractivity contribution in [1.29, 1.82) is 0 Å². The van der Waals surface area contributed by atoms with E-state index >= 15 is 0 Å². The molecule has 0 spiro atoms. The topological polar surface area (TPSA) is 58.2 Å². The Morgan fingerprint density at radius 1 is 1.00 bits per heavy atom. The third-order valence-electron chi connectivity index (χ3n) is 2.81. The SMILES string of the molecule is Cc1ccc(NC(=O)C(=O)Nc2cc(F)ccc2F)cc1Cl. The number of aryl methyl sites for hydroxylation is 1. The van der Waals surface area contributed by atoms with Gasteiger partial charge in [0.15, 0.2) is 0 Å². The Morgan fingerprint density at radius 2 is 1.68 bits per heavy atom. The smallest absolute Gasteiger partial charge is 0.314 e. The predicted molar refractivity (Wildman–Crippen MR) is 79.8 cm³/mol. The normalized spacial score (nSPS) is 10.2. The summed E-state index contributed by atoms with van der Waals surface area (Å²) in [6.45, 7) is 1.79. The number of carbonyl (C=O) groups is 2. The number of nitrogens with one attached hydrogen (secondary N) is 2. The second-order valence-electron chi connectivity index (χ2n) is 4.50. The van der Waals surface area contributed by atoms with E-state index in [-0.39, 0.29) is 0 Å². The fourth-order valence-corrected chi connectivity index (χ4v) is 1.81. The number of carbonyl (C=O) groups excluding carboxylic acids is 2. The maximum atomic E-state index is 13.4. The lowest BCUT2D eigenvalue weighted by atomic mass is 10.2. The summed E-state index contributed by atoms with van der Waals surface area (Å²) in [5.74, 6) is -3.73. The highest BCUT2D eigenvalue weighted by molar-refractivity contribution is 6.43. The molecule has 4 nitrogen and oxygen atoms in total. The maximum absolute atomic E-state index is 13.4. The van der Waals surface area contributed by atoms with Gasteiger partial charge in [0.2, 0.25) is 0 Å². The van der Waals surface area contributed by atoms with Crippen molar-refractivity contribution >= 4 is 34.8 Å². The van der Waals surface area contributed by atoms with Crippen LogP contribution in [0.15, 0.2) is 36.4 Å². The third kappa shape index (κ3) is 3.79. The van der Waals surface area contributed by atoms with Crippen molar-refractivity contribution in [2.24, 2.45) is 0 Å². The number of hydrogen-bond donors (Lipinski definition) is 2. The molecule has 2 rings (SSSR count). The molecule has 7 heteroatoms. The Labute approximate surface area is 130 Å². The van der Waals surface area contributed by atoms with E-state index in [1.54, 1.807) is 19.1 Å². The van der Waals surface area contributed by atoms with Crippen molar-refractivity contribution in [3.8, 4) is 0 Å². The number of hydrogen-bond acceptors (Lipinski definition) is 2. The second kappa shape index (κ2) is 6.53. The van der Waals surface area contributed by atoms with E-state index < -0.39 is 29.1 Å². The Morgan fingerprint density at radius 3 is 2.36 bits per heavy atom. The van der Waals surface area contributed by atoms with Crippen LogP contribution in [0.1, 0.15) is 5.56 Å². The Hall–Kier alpha value is -2.47. The van der Waals surface area contributed by atoms with Crippen LogP contribution in [0.4, 0.5) is 20.2 Å². The van der Waals surface area contributed by atoms with Crippen molar-refractivity contribution in [3.05, 3.63) is 58.6 Å². The lowest BCUT2D eigenvalue weighted by Gasteiger charge is -2.08. The molecule has 0 atom stereocenters. The van der Waals surface area contributed by atoms with Crippen LogP contribution in [-0.2, 0) is 9.59 Å². The van der Waals surface area contributed by atoms with E-state index in [0.717, 1.165) is 23.8 Å². The van der Waals surface area contributed by atoms with E-state index in [0.29, 0.717) is 10.7 Å². The van der Waals surface area contributed by atoms with Crippen LogP contribution in [-0.4, -0.2) is 11.8 Å². The van der Waals surface area contributed by atoms with Gasteiger partial charge in [-0.15, -0.1) is 0 Å². The van der Waals surface area contributed by atoms with Crippen LogP contribution in [0.25, 0.3) is 0 Å². The molecular formula is C15H11ClF2N2O2. The molecule has 22 heavy (non-hydrogen) atoms. The van der Waals surface area contributed by atoms with Gasteiger partial charge < -0.3 is 10.6 Å². The molecule has 0 heterocycles. The number of benzene rings is 2. The third-order valence-corrected chi connectivity index (χ3v) is 3.22. The molecule has 2 amide bonds. The zero-order chi connectivity index (χ0) is 16.3. The summed E-state index contributed by atoms with van der Waals surface area (Å²) in [5.41, 5.74) is 0.712. The van der Waals surface area contributed by atoms with Crippen molar-refractivity contribution < 1.29 is 18.4 Å². The molecule has 2 aromatic carbocycles. The number of anilines is 2. The predicted octanol–water partition coefficient (Wildman–Crippen LogP) is 3.50.